The molecule has 0 bridgehead atoms. The molecule has 94 valence electrons. The Hall–Kier alpha value is -0.540. The molecule has 17 heavy (non-hydrogen) atoms. The van der Waals surface area contributed by atoms with Gasteiger partial charge in [-0.05, 0) is 61.3 Å². The summed E-state index contributed by atoms with van der Waals surface area (Å²) < 4.78 is 0.799. The molecule has 1 aromatic carbocycles. The number of halogens is 2. The molecule has 1 N–H and O–H groups in total. The van der Waals surface area contributed by atoms with Crippen LogP contribution >= 0.6 is 27.5 Å². The molecule has 0 saturated heterocycles. The molecule has 1 amide bonds. The van der Waals surface area contributed by atoms with Crippen LogP contribution in [0.25, 0.3) is 0 Å². The summed E-state index contributed by atoms with van der Waals surface area (Å²) in [6.45, 7) is 7.67. The Morgan fingerprint density at radius 2 is 2.06 bits per heavy atom. The van der Waals surface area contributed by atoms with Gasteiger partial charge in [-0.2, -0.15) is 0 Å². The molecule has 1 rings (SSSR count). The molecule has 0 radical (unpaired) electrons. The van der Waals surface area contributed by atoms with Gasteiger partial charge in [0.15, 0.2) is 0 Å². The predicted octanol–water partition coefficient (Wildman–Crippen LogP) is 3.89. The van der Waals surface area contributed by atoms with Gasteiger partial charge < -0.3 is 5.32 Å². The summed E-state index contributed by atoms with van der Waals surface area (Å²) in [5.41, 5.74) is 1.29. The van der Waals surface area contributed by atoms with Crippen molar-refractivity contribution in [1.29, 1.82) is 0 Å². The second-order valence-electron chi connectivity index (χ2n) is 4.78. The number of hydrogen-bond acceptors (Lipinski definition) is 1. The van der Waals surface area contributed by atoms with Gasteiger partial charge in [0.25, 0.3) is 5.91 Å². The average Bonchev–Trinajstić information content (AvgIpc) is 2.15. The third-order valence-corrected chi connectivity index (χ3v) is 4.00. The molecule has 2 nitrogen and oxygen atoms in total. The molecule has 0 saturated carbocycles. The zero-order valence-corrected chi connectivity index (χ0v) is 12.8. The lowest BCUT2D eigenvalue weighted by Crippen LogP contribution is -2.49. The van der Waals surface area contributed by atoms with Crippen LogP contribution in [0.4, 0.5) is 0 Å². The van der Waals surface area contributed by atoms with E-state index < -0.39 is 5.54 Å². The largest absolute Gasteiger partial charge is 0.346 e. The first kappa shape index (κ1) is 14.5. The van der Waals surface area contributed by atoms with Gasteiger partial charge in [-0.1, -0.05) is 6.07 Å². The van der Waals surface area contributed by atoms with Gasteiger partial charge in [-0.3, -0.25) is 4.79 Å². The van der Waals surface area contributed by atoms with E-state index >= 15 is 0 Å². The minimum Gasteiger partial charge on any atom is -0.346 e. The molecule has 1 unspecified atom stereocenters. The quantitative estimate of drug-likeness (QED) is 0.842. The molecule has 1 aromatic rings. The highest BCUT2D eigenvalue weighted by Crippen LogP contribution is 2.21. The zero-order chi connectivity index (χ0) is 13.2. The number of carbonyl (C=O) groups excluding carboxylic acids is 1. The van der Waals surface area contributed by atoms with Gasteiger partial charge in [-0.15, -0.1) is 11.6 Å². The molecule has 0 aliphatic carbocycles. The number of hydrogen-bond donors (Lipinski definition) is 1. The van der Waals surface area contributed by atoms with Crippen LogP contribution in [0.2, 0.25) is 0 Å². The Morgan fingerprint density at radius 1 is 1.47 bits per heavy atom. The number of carbonyl (C=O) groups is 1. The Labute approximate surface area is 116 Å². The SMILES string of the molecule is Cc1ccc(C(=O)NC(C)(C)C(C)Cl)c(Br)c1. The Bertz CT molecular complexity index is 429. The molecule has 0 fully saturated rings. The second-order valence-corrected chi connectivity index (χ2v) is 6.28. The lowest BCUT2D eigenvalue weighted by atomic mass is 10.0. The van der Waals surface area contributed by atoms with Gasteiger partial charge in [0.05, 0.1) is 16.5 Å². The van der Waals surface area contributed by atoms with Crippen molar-refractivity contribution in [3.63, 3.8) is 0 Å². The first-order valence-corrected chi connectivity index (χ1v) is 6.69. The summed E-state index contributed by atoms with van der Waals surface area (Å²) in [5.74, 6) is -0.116. The normalized spacial score (nSPS) is 13.3. The van der Waals surface area contributed by atoms with Crippen LogP contribution in [0, 0.1) is 6.92 Å². The monoisotopic (exact) mass is 317 g/mol. The highest BCUT2D eigenvalue weighted by Gasteiger charge is 2.27. The van der Waals surface area contributed by atoms with Gasteiger partial charge in [0.2, 0.25) is 0 Å². The number of nitrogens with one attached hydrogen (secondary N) is 1. The van der Waals surface area contributed by atoms with Crippen molar-refractivity contribution >= 4 is 33.4 Å². The minimum absolute atomic E-state index is 0.116. The smallest absolute Gasteiger partial charge is 0.252 e. The highest BCUT2D eigenvalue weighted by atomic mass is 79.9. The van der Waals surface area contributed by atoms with Crippen LogP contribution in [0.15, 0.2) is 22.7 Å². The molecule has 4 heteroatoms. The second kappa shape index (κ2) is 5.40. The Kier molecular flexibility index (Phi) is 4.62. The fourth-order valence-electron chi connectivity index (χ4n) is 1.26. The maximum atomic E-state index is 12.1. The third kappa shape index (κ3) is 3.71. The first-order chi connectivity index (χ1) is 7.74. The van der Waals surface area contributed by atoms with Crippen molar-refractivity contribution < 1.29 is 4.79 Å². The molecular weight excluding hydrogens is 302 g/mol. The van der Waals surface area contributed by atoms with E-state index in [1.165, 1.54) is 0 Å². The topological polar surface area (TPSA) is 29.1 Å². The van der Waals surface area contributed by atoms with Crippen molar-refractivity contribution in [3.05, 3.63) is 33.8 Å². The molecule has 0 aliphatic rings. The summed E-state index contributed by atoms with van der Waals surface area (Å²) in [4.78, 5) is 12.1. The lowest BCUT2D eigenvalue weighted by Gasteiger charge is -2.29. The van der Waals surface area contributed by atoms with Gasteiger partial charge in [0.1, 0.15) is 0 Å². The number of aryl methyl sites for hydroxylation is 1. The Balaban J connectivity index is 2.91. The van der Waals surface area contributed by atoms with Gasteiger partial charge >= 0.3 is 0 Å². The fraction of sp³-hybridized carbons (Fsp3) is 0.462. The van der Waals surface area contributed by atoms with Crippen molar-refractivity contribution in [2.75, 3.05) is 0 Å². The van der Waals surface area contributed by atoms with E-state index in [2.05, 4.69) is 21.2 Å². The zero-order valence-electron chi connectivity index (χ0n) is 10.5. The summed E-state index contributed by atoms with van der Waals surface area (Å²) in [7, 11) is 0. The summed E-state index contributed by atoms with van der Waals surface area (Å²) in [5, 5.41) is 2.79. The molecule has 0 spiro atoms. The lowest BCUT2D eigenvalue weighted by molar-refractivity contribution is 0.0911. The van der Waals surface area contributed by atoms with Crippen LogP contribution in [0.5, 0.6) is 0 Å². The summed E-state index contributed by atoms with van der Waals surface area (Å²) in [6.07, 6.45) is 0. The molecular formula is C13H17BrClNO. The molecule has 0 heterocycles. The van der Waals surface area contributed by atoms with E-state index in [0.717, 1.165) is 10.0 Å². The number of alkyl halides is 1. The van der Waals surface area contributed by atoms with E-state index in [-0.39, 0.29) is 11.3 Å². The van der Waals surface area contributed by atoms with Crippen LogP contribution in [0.1, 0.15) is 36.7 Å². The van der Waals surface area contributed by atoms with E-state index in [1.807, 2.05) is 45.9 Å². The maximum absolute atomic E-state index is 12.1. The summed E-state index contributed by atoms with van der Waals surface area (Å²) in [6, 6.07) is 5.65. The predicted molar refractivity (Wildman–Crippen MR) is 75.7 cm³/mol. The standard InChI is InChI=1S/C13H17BrClNO/c1-8-5-6-10(11(14)7-8)12(17)16-13(3,4)9(2)15/h5-7,9H,1-4H3,(H,16,17). The molecule has 0 aliphatic heterocycles. The van der Waals surface area contributed by atoms with E-state index in [0.29, 0.717) is 5.56 Å². The van der Waals surface area contributed by atoms with Crippen LogP contribution < -0.4 is 5.32 Å². The first-order valence-electron chi connectivity index (χ1n) is 5.47. The van der Waals surface area contributed by atoms with Crippen LogP contribution in [-0.2, 0) is 0 Å². The van der Waals surface area contributed by atoms with E-state index in [1.54, 1.807) is 0 Å². The average molecular weight is 319 g/mol. The third-order valence-electron chi connectivity index (χ3n) is 2.80. The van der Waals surface area contributed by atoms with Crippen molar-refractivity contribution in [2.45, 2.75) is 38.6 Å². The Morgan fingerprint density at radius 3 is 2.53 bits per heavy atom. The fourth-order valence-corrected chi connectivity index (χ4v) is 1.99. The van der Waals surface area contributed by atoms with Gasteiger partial charge in [0, 0.05) is 4.47 Å². The van der Waals surface area contributed by atoms with Crippen LogP contribution in [-0.4, -0.2) is 16.8 Å². The number of rotatable bonds is 3. The van der Waals surface area contributed by atoms with E-state index in [9.17, 15) is 4.79 Å². The maximum Gasteiger partial charge on any atom is 0.252 e. The molecule has 1 atom stereocenters. The summed E-state index contributed by atoms with van der Waals surface area (Å²) >= 11 is 9.44. The molecule has 0 aromatic heterocycles. The minimum atomic E-state index is -0.442. The van der Waals surface area contributed by atoms with Crippen LogP contribution in [0.3, 0.4) is 0 Å². The number of benzene rings is 1. The highest BCUT2D eigenvalue weighted by molar-refractivity contribution is 9.10. The van der Waals surface area contributed by atoms with Crippen molar-refractivity contribution in [1.82, 2.24) is 5.32 Å². The van der Waals surface area contributed by atoms with E-state index in [4.69, 9.17) is 11.6 Å². The van der Waals surface area contributed by atoms with Crippen molar-refractivity contribution in [3.8, 4) is 0 Å². The van der Waals surface area contributed by atoms with Crippen molar-refractivity contribution in [2.24, 2.45) is 0 Å². The van der Waals surface area contributed by atoms with Gasteiger partial charge in [-0.25, -0.2) is 0 Å². The number of amides is 1.